The molecular weight excluding hydrogens is 386 g/mol. The minimum absolute atomic E-state index is 0.211. The number of para-hydroxylation sites is 1. The molecule has 4 rings (SSSR count). The number of aryl methyl sites for hydroxylation is 1. The molecule has 6 heteroatoms. The third kappa shape index (κ3) is 4.85. The number of hydrogen-bond donors (Lipinski definition) is 1. The van der Waals surface area contributed by atoms with Crippen LogP contribution in [0.3, 0.4) is 0 Å². The molecule has 0 aliphatic carbocycles. The van der Waals surface area contributed by atoms with E-state index >= 15 is 0 Å². The Morgan fingerprint density at radius 1 is 1.21 bits per heavy atom. The van der Waals surface area contributed by atoms with Gasteiger partial charge in [-0.3, -0.25) is 0 Å². The highest BCUT2D eigenvalue weighted by molar-refractivity contribution is 6.30. The Balaban J connectivity index is 1.48. The van der Waals surface area contributed by atoms with Crippen molar-refractivity contribution >= 4 is 22.6 Å². The molecule has 0 radical (unpaired) electrons. The first-order valence-corrected chi connectivity index (χ1v) is 10.7. The first kappa shape index (κ1) is 20.0. The van der Waals surface area contributed by atoms with E-state index < -0.39 is 0 Å². The number of benzene rings is 2. The van der Waals surface area contributed by atoms with E-state index in [0.717, 1.165) is 36.0 Å². The number of fused-ring (bicyclic) bond motifs is 1. The maximum absolute atomic E-state index is 10.2. The summed E-state index contributed by atoms with van der Waals surface area (Å²) in [5, 5.41) is 10.9. The van der Waals surface area contributed by atoms with Crippen molar-refractivity contribution in [1.29, 1.82) is 0 Å². The Hall–Kier alpha value is -2.24. The van der Waals surface area contributed by atoms with Crippen LogP contribution in [0.4, 0.5) is 0 Å². The highest BCUT2D eigenvalue weighted by atomic mass is 35.5. The highest BCUT2D eigenvalue weighted by Crippen LogP contribution is 2.27. The summed E-state index contributed by atoms with van der Waals surface area (Å²) in [6.07, 6.45) is 4.92. The van der Waals surface area contributed by atoms with Crippen LogP contribution in [0.15, 0.2) is 42.5 Å². The number of ether oxygens (including phenoxy) is 1. The Morgan fingerprint density at radius 3 is 2.83 bits per heavy atom. The van der Waals surface area contributed by atoms with Gasteiger partial charge in [0, 0.05) is 18.1 Å². The maximum Gasteiger partial charge on any atom is 0.148 e. The molecule has 1 aliphatic heterocycles. The smallest absolute Gasteiger partial charge is 0.148 e. The lowest BCUT2D eigenvalue weighted by Crippen LogP contribution is -2.32. The van der Waals surface area contributed by atoms with Crippen LogP contribution in [0.25, 0.3) is 11.0 Å². The molecule has 2 aromatic carbocycles. The second-order valence-electron chi connectivity index (χ2n) is 7.98. The topological polar surface area (TPSA) is 50.5 Å². The summed E-state index contributed by atoms with van der Waals surface area (Å²) in [6, 6.07) is 12.9. The van der Waals surface area contributed by atoms with Crippen LogP contribution in [0.1, 0.15) is 31.5 Å². The summed E-state index contributed by atoms with van der Waals surface area (Å²) >= 11 is 5.95. The molecule has 1 aromatic heterocycles. The molecular formula is C23H28ClN3O2. The molecule has 1 atom stereocenters. The zero-order valence-electron chi connectivity index (χ0n) is 16.9. The molecule has 5 nitrogen and oxygen atoms in total. The fourth-order valence-corrected chi connectivity index (χ4v) is 4.39. The molecule has 2 heterocycles. The van der Waals surface area contributed by atoms with E-state index in [1.165, 1.54) is 32.4 Å². The summed E-state index contributed by atoms with van der Waals surface area (Å²) in [6.45, 7) is 3.63. The van der Waals surface area contributed by atoms with Gasteiger partial charge in [0.2, 0.25) is 0 Å². The normalized spacial score (nSPS) is 17.7. The van der Waals surface area contributed by atoms with Crippen LogP contribution in [0.2, 0.25) is 5.02 Å². The van der Waals surface area contributed by atoms with E-state index in [9.17, 15) is 5.11 Å². The van der Waals surface area contributed by atoms with Crippen LogP contribution in [0.5, 0.6) is 11.5 Å². The van der Waals surface area contributed by atoms with Gasteiger partial charge < -0.3 is 19.3 Å². The van der Waals surface area contributed by atoms with Gasteiger partial charge in [-0.1, -0.05) is 17.7 Å². The van der Waals surface area contributed by atoms with Crippen molar-refractivity contribution < 1.29 is 9.84 Å². The number of hydrogen-bond acceptors (Lipinski definition) is 4. The predicted molar refractivity (Wildman–Crippen MR) is 117 cm³/mol. The molecule has 0 saturated carbocycles. The van der Waals surface area contributed by atoms with Crippen molar-refractivity contribution in [3.05, 3.63) is 53.3 Å². The highest BCUT2D eigenvalue weighted by Gasteiger charge is 2.18. The van der Waals surface area contributed by atoms with E-state index in [4.69, 9.17) is 16.3 Å². The van der Waals surface area contributed by atoms with Gasteiger partial charge in [0.15, 0.2) is 0 Å². The quantitative estimate of drug-likeness (QED) is 0.585. The summed E-state index contributed by atoms with van der Waals surface area (Å²) in [7, 11) is 2.21. The van der Waals surface area contributed by atoms with E-state index in [-0.39, 0.29) is 5.75 Å². The third-order valence-electron chi connectivity index (χ3n) is 5.73. The minimum Gasteiger partial charge on any atom is -0.506 e. The lowest BCUT2D eigenvalue weighted by atomic mass is 9.94. The van der Waals surface area contributed by atoms with Gasteiger partial charge in [0.25, 0.3) is 0 Å². The standard InChI is InChI=1S/C23H28ClN3O2/c1-26-13-3-5-17(15-26)6-4-14-27-20-7-2-8-21(28)23(20)25-22(27)16-29-19-11-9-18(24)10-12-19/h2,7-12,17,28H,3-6,13-16H2,1H3. The number of phenolic OH excluding ortho intramolecular Hbond substituents is 1. The number of piperidine rings is 1. The number of nitrogens with zero attached hydrogens (tertiary/aromatic N) is 3. The third-order valence-corrected chi connectivity index (χ3v) is 5.99. The van der Waals surface area contributed by atoms with Gasteiger partial charge in [0.1, 0.15) is 29.4 Å². The van der Waals surface area contributed by atoms with Gasteiger partial charge in [0.05, 0.1) is 5.52 Å². The zero-order valence-corrected chi connectivity index (χ0v) is 17.6. The fourth-order valence-electron chi connectivity index (χ4n) is 4.27. The molecule has 154 valence electrons. The first-order chi connectivity index (χ1) is 14.1. The lowest BCUT2D eigenvalue weighted by molar-refractivity contribution is 0.198. The van der Waals surface area contributed by atoms with Crippen LogP contribution < -0.4 is 4.74 Å². The second-order valence-corrected chi connectivity index (χ2v) is 8.42. The molecule has 1 aliphatic rings. The van der Waals surface area contributed by atoms with Gasteiger partial charge in [-0.25, -0.2) is 4.98 Å². The molecule has 0 spiro atoms. The second kappa shape index (κ2) is 9.06. The number of rotatable bonds is 7. The number of phenols is 1. The van der Waals surface area contributed by atoms with Crippen molar-refractivity contribution in [2.75, 3.05) is 20.1 Å². The maximum atomic E-state index is 10.2. The summed E-state index contributed by atoms with van der Waals surface area (Å²) in [5.74, 6) is 2.56. The van der Waals surface area contributed by atoms with Gasteiger partial charge in [-0.05, 0) is 81.6 Å². The van der Waals surface area contributed by atoms with Crippen molar-refractivity contribution in [2.45, 2.75) is 38.8 Å². The SMILES string of the molecule is CN1CCCC(CCCn2c(COc3ccc(Cl)cc3)nc3c(O)cccc32)C1. The molecule has 1 fully saturated rings. The minimum atomic E-state index is 0.211. The van der Waals surface area contributed by atoms with Crippen molar-refractivity contribution in [3.8, 4) is 11.5 Å². The fraction of sp³-hybridized carbons (Fsp3) is 0.435. The Bertz CT molecular complexity index is 955. The number of halogens is 1. The van der Waals surface area contributed by atoms with E-state index in [1.54, 1.807) is 6.07 Å². The van der Waals surface area contributed by atoms with E-state index in [0.29, 0.717) is 17.1 Å². The van der Waals surface area contributed by atoms with Crippen LogP contribution in [-0.4, -0.2) is 39.7 Å². The molecule has 0 amide bonds. The zero-order chi connectivity index (χ0) is 20.2. The Labute approximate surface area is 176 Å². The van der Waals surface area contributed by atoms with Crippen LogP contribution in [0, 0.1) is 5.92 Å². The van der Waals surface area contributed by atoms with Gasteiger partial charge in [-0.2, -0.15) is 0 Å². The van der Waals surface area contributed by atoms with Gasteiger partial charge >= 0.3 is 0 Å². The summed E-state index contributed by atoms with van der Waals surface area (Å²) < 4.78 is 8.13. The van der Waals surface area contributed by atoms with Crippen molar-refractivity contribution in [2.24, 2.45) is 5.92 Å². The Morgan fingerprint density at radius 2 is 2.03 bits per heavy atom. The van der Waals surface area contributed by atoms with Crippen molar-refractivity contribution in [1.82, 2.24) is 14.5 Å². The first-order valence-electron chi connectivity index (χ1n) is 10.3. The largest absolute Gasteiger partial charge is 0.506 e. The number of aromatic nitrogens is 2. The number of likely N-dealkylation sites (tertiary alicyclic amines) is 1. The Kier molecular flexibility index (Phi) is 6.26. The van der Waals surface area contributed by atoms with Crippen molar-refractivity contribution in [3.63, 3.8) is 0 Å². The predicted octanol–water partition coefficient (Wildman–Crippen LogP) is 5.10. The molecule has 1 saturated heterocycles. The van der Waals surface area contributed by atoms with E-state index in [2.05, 4.69) is 21.5 Å². The average molecular weight is 414 g/mol. The summed E-state index contributed by atoms with van der Waals surface area (Å²) in [4.78, 5) is 7.11. The number of aromatic hydroxyl groups is 1. The van der Waals surface area contributed by atoms with Crippen LogP contribution in [-0.2, 0) is 13.2 Å². The molecule has 1 unspecified atom stereocenters. The van der Waals surface area contributed by atoms with E-state index in [1.807, 2.05) is 36.4 Å². The number of imidazole rings is 1. The van der Waals surface area contributed by atoms with Crippen LogP contribution >= 0.6 is 11.6 Å². The monoisotopic (exact) mass is 413 g/mol. The molecule has 29 heavy (non-hydrogen) atoms. The molecule has 1 N–H and O–H groups in total. The van der Waals surface area contributed by atoms with Gasteiger partial charge in [-0.15, -0.1) is 0 Å². The average Bonchev–Trinajstić information content (AvgIpc) is 3.07. The summed E-state index contributed by atoms with van der Waals surface area (Å²) in [5.41, 5.74) is 1.60. The molecule has 0 bridgehead atoms. The molecule has 3 aromatic rings. The lowest BCUT2D eigenvalue weighted by Gasteiger charge is -2.29.